The number of aliphatic hydroxyl groups is 2. The third-order valence-electron chi connectivity index (χ3n) is 2.67. The monoisotopic (exact) mass is 266 g/mol. The predicted molar refractivity (Wildman–Crippen MR) is 68.5 cm³/mol. The molecule has 0 saturated carbocycles. The Morgan fingerprint density at radius 3 is 2.47 bits per heavy atom. The Balaban J connectivity index is 2.58. The summed E-state index contributed by atoms with van der Waals surface area (Å²) < 4.78 is 0. The second-order valence-corrected chi connectivity index (χ2v) is 4.31. The number of amides is 1. The maximum atomic E-state index is 11.1. The van der Waals surface area contributed by atoms with Crippen molar-refractivity contribution < 1.29 is 19.8 Å². The number of pyridine rings is 1. The van der Waals surface area contributed by atoms with Gasteiger partial charge in [-0.2, -0.15) is 0 Å². The number of carbonyl (C=O) groups is 2. The molecule has 104 valence electrons. The fraction of sp³-hybridized carbons (Fsp3) is 0.462. The average Bonchev–Trinajstić information content (AvgIpc) is 2.37. The normalized spacial score (nSPS) is 13.7. The standard InChI is InChI=1S/C13H18N2O4/c1-8(16)10-3-4-11(15-7-10)13(19)12(18)5-6-14-9(2)17/h3-4,7,12-13,18-19H,5-6H2,1-2H3,(H,14,17). The molecule has 0 radical (unpaired) electrons. The zero-order valence-corrected chi connectivity index (χ0v) is 11.0. The van der Waals surface area contributed by atoms with Gasteiger partial charge in [0, 0.05) is 25.2 Å². The number of carbonyl (C=O) groups excluding carboxylic acids is 2. The van der Waals surface area contributed by atoms with E-state index in [4.69, 9.17) is 0 Å². The molecule has 1 aromatic heterocycles. The largest absolute Gasteiger partial charge is 0.390 e. The molecule has 0 spiro atoms. The third-order valence-corrected chi connectivity index (χ3v) is 2.67. The van der Waals surface area contributed by atoms with Crippen LogP contribution in [-0.2, 0) is 4.79 Å². The van der Waals surface area contributed by atoms with Crippen LogP contribution in [0.3, 0.4) is 0 Å². The molecule has 0 bridgehead atoms. The van der Waals surface area contributed by atoms with Gasteiger partial charge in [-0.1, -0.05) is 0 Å². The van der Waals surface area contributed by atoms with Crippen LogP contribution in [0.2, 0.25) is 0 Å². The van der Waals surface area contributed by atoms with E-state index in [2.05, 4.69) is 10.3 Å². The van der Waals surface area contributed by atoms with Crippen LogP contribution >= 0.6 is 0 Å². The van der Waals surface area contributed by atoms with Gasteiger partial charge in [-0.3, -0.25) is 14.6 Å². The number of nitrogens with zero attached hydrogens (tertiary/aromatic N) is 1. The van der Waals surface area contributed by atoms with Gasteiger partial charge >= 0.3 is 0 Å². The van der Waals surface area contributed by atoms with Gasteiger partial charge in [0.2, 0.25) is 5.91 Å². The van der Waals surface area contributed by atoms with E-state index >= 15 is 0 Å². The van der Waals surface area contributed by atoms with E-state index in [9.17, 15) is 19.8 Å². The molecule has 0 aliphatic heterocycles. The molecule has 1 amide bonds. The zero-order chi connectivity index (χ0) is 14.4. The molecule has 1 rings (SSSR count). The van der Waals surface area contributed by atoms with Crippen LogP contribution in [0.15, 0.2) is 18.3 Å². The Labute approximate surface area is 111 Å². The van der Waals surface area contributed by atoms with Crippen LogP contribution in [0, 0.1) is 0 Å². The van der Waals surface area contributed by atoms with Crippen molar-refractivity contribution in [2.75, 3.05) is 6.54 Å². The number of nitrogens with one attached hydrogen (secondary N) is 1. The van der Waals surface area contributed by atoms with E-state index in [1.807, 2.05) is 0 Å². The van der Waals surface area contributed by atoms with Crippen LogP contribution in [0.5, 0.6) is 0 Å². The van der Waals surface area contributed by atoms with E-state index in [-0.39, 0.29) is 24.7 Å². The zero-order valence-electron chi connectivity index (χ0n) is 11.0. The molecule has 2 unspecified atom stereocenters. The number of aromatic nitrogens is 1. The van der Waals surface area contributed by atoms with Gasteiger partial charge < -0.3 is 15.5 Å². The summed E-state index contributed by atoms with van der Waals surface area (Å²) in [5.41, 5.74) is 0.740. The SMILES string of the molecule is CC(=O)NCCC(O)C(O)c1ccc(C(C)=O)cn1. The van der Waals surface area contributed by atoms with E-state index < -0.39 is 12.2 Å². The highest BCUT2D eigenvalue weighted by atomic mass is 16.3. The summed E-state index contributed by atoms with van der Waals surface area (Å²) in [7, 11) is 0. The Bertz CT molecular complexity index is 444. The lowest BCUT2D eigenvalue weighted by Gasteiger charge is -2.17. The molecule has 19 heavy (non-hydrogen) atoms. The smallest absolute Gasteiger partial charge is 0.216 e. The topological polar surface area (TPSA) is 99.5 Å². The average molecular weight is 266 g/mol. The number of hydrogen-bond donors (Lipinski definition) is 3. The van der Waals surface area contributed by atoms with Crippen LogP contribution in [0.25, 0.3) is 0 Å². The number of hydrogen-bond acceptors (Lipinski definition) is 5. The van der Waals surface area contributed by atoms with Gasteiger partial charge in [-0.25, -0.2) is 0 Å². The number of aliphatic hydroxyl groups excluding tert-OH is 2. The summed E-state index contributed by atoms with van der Waals surface area (Å²) in [6, 6.07) is 3.05. The second kappa shape index (κ2) is 6.96. The van der Waals surface area contributed by atoms with Gasteiger partial charge in [-0.05, 0) is 25.5 Å². The summed E-state index contributed by atoms with van der Waals surface area (Å²) in [6.07, 6.45) is -0.588. The Hall–Kier alpha value is -1.79. The highest BCUT2D eigenvalue weighted by molar-refractivity contribution is 5.93. The van der Waals surface area contributed by atoms with E-state index in [0.717, 1.165) is 0 Å². The molecule has 0 aromatic carbocycles. The first-order valence-corrected chi connectivity index (χ1v) is 5.99. The van der Waals surface area contributed by atoms with Gasteiger partial charge in [0.05, 0.1) is 11.8 Å². The van der Waals surface area contributed by atoms with E-state index in [1.54, 1.807) is 6.07 Å². The first-order valence-electron chi connectivity index (χ1n) is 5.99. The Morgan fingerprint density at radius 1 is 1.32 bits per heavy atom. The van der Waals surface area contributed by atoms with Crippen LogP contribution in [-0.4, -0.2) is 39.5 Å². The van der Waals surface area contributed by atoms with Crippen LogP contribution in [0.4, 0.5) is 0 Å². The number of ketones is 1. The maximum Gasteiger partial charge on any atom is 0.216 e. The minimum Gasteiger partial charge on any atom is -0.390 e. The molecule has 0 aliphatic rings. The lowest BCUT2D eigenvalue weighted by molar-refractivity contribution is -0.119. The lowest BCUT2D eigenvalue weighted by Crippen LogP contribution is -2.28. The van der Waals surface area contributed by atoms with E-state index in [0.29, 0.717) is 11.3 Å². The number of Topliss-reactive ketones (excluding diaryl/α,β-unsaturated/α-hetero) is 1. The van der Waals surface area contributed by atoms with Crippen LogP contribution < -0.4 is 5.32 Å². The van der Waals surface area contributed by atoms with Crippen molar-refractivity contribution >= 4 is 11.7 Å². The molecule has 6 nitrogen and oxygen atoms in total. The van der Waals surface area contributed by atoms with Crippen molar-refractivity contribution in [3.8, 4) is 0 Å². The molecule has 3 N–H and O–H groups in total. The lowest BCUT2D eigenvalue weighted by atomic mass is 10.1. The fourth-order valence-electron chi connectivity index (χ4n) is 1.54. The van der Waals surface area contributed by atoms with Crippen molar-refractivity contribution in [1.82, 2.24) is 10.3 Å². The first kappa shape index (κ1) is 15.3. The van der Waals surface area contributed by atoms with Crippen molar-refractivity contribution in [2.45, 2.75) is 32.5 Å². The molecule has 1 heterocycles. The quantitative estimate of drug-likeness (QED) is 0.639. The highest BCUT2D eigenvalue weighted by Gasteiger charge is 2.19. The molecule has 0 aliphatic carbocycles. The minimum absolute atomic E-state index is 0.111. The molecule has 2 atom stereocenters. The van der Waals surface area contributed by atoms with Gasteiger partial charge in [0.15, 0.2) is 5.78 Å². The van der Waals surface area contributed by atoms with Gasteiger partial charge in [0.1, 0.15) is 6.10 Å². The fourth-order valence-corrected chi connectivity index (χ4v) is 1.54. The second-order valence-electron chi connectivity index (χ2n) is 4.31. The summed E-state index contributed by atoms with van der Waals surface area (Å²) in [6.45, 7) is 3.08. The first-order chi connectivity index (χ1) is 8.91. The summed E-state index contributed by atoms with van der Waals surface area (Å²) in [4.78, 5) is 25.7. The van der Waals surface area contributed by atoms with Crippen LogP contribution in [0.1, 0.15) is 42.4 Å². The maximum absolute atomic E-state index is 11.1. The summed E-state index contributed by atoms with van der Waals surface area (Å²) in [5.74, 6) is -0.301. The van der Waals surface area contributed by atoms with E-state index in [1.165, 1.54) is 26.1 Å². The van der Waals surface area contributed by atoms with Crippen molar-refractivity contribution in [1.29, 1.82) is 0 Å². The third kappa shape index (κ3) is 4.76. The number of rotatable bonds is 6. The minimum atomic E-state index is -1.14. The van der Waals surface area contributed by atoms with Gasteiger partial charge in [-0.15, -0.1) is 0 Å². The van der Waals surface area contributed by atoms with Gasteiger partial charge in [0.25, 0.3) is 0 Å². The molecular weight excluding hydrogens is 248 g/mol. The molecular formula is C13H18N2O4. The summed E-state index contributed by atoms with van der Waals surface area (Å²) >= 11 is 0. The Kier molecular flexibility index (Phi) is 5.59. The molecule has 1 aromatic rings. The van der Waals surface area contributed by atoms with Crippen molar-refractivity contribution in [2.24, 2.45) is 0 Å². The molecule has 0 fully saturated rings. The summed E-state index contributed by atoms with van der Waals surface area (Å²) in [5, 5.41) is 22.2. The predicted octanol–water partition coefficient (Wildman–Crippen LogP) is 0.205. The van der Waals surface area contributed by atoms with Crippen molar-refractivity contribution in [3.05, 3.63) is 29.6 Å². The Morgan fingerprint density at radius 2 is 2.00 bits per heavy atom. The molecule has 0 saturated heterocycles. The highest BCUT2D eigenvalue weighted by Crippen LogP contribution is 2.17. The molecule has 6 heteroatoms. The van der Waals surface area contributed by atoms with Crippen molar-refractivity contribution in [3.63, 3.8) is 0 Å².